The van der Waals surface area contributed by atoms with Gasteiger partial charge in [-0.1, -0.05) is 18.9 Å². The Kier molecular flexibility index (Phi) is 6.20. The molecule has 2 aliphatic rings. The second-order valence-corrected chi connectivity index (χ2v) is 8.24. The van der Waals surface area contributed by atoms with Crippen LogP contribution in [0, 0.1) is 18.8 Å². The van der Waals surface area contributed by atoms with Crippen LogP contribution in [0.15, 0.2) is 17.1 Å². The van der Waals surface area contributed by atoms with Crippen LogP contribution in [0.4, 0.5) is 0 Å². The molecule has 0 aromatic heterocycles. The van der Waals surface area contributed by atoms with Crippen LogP contribution >= 0.6 is 0 Å². The number of phenolic OH excluding ortho intramolecular Hbond substituents is 1. The highest BCUT2D eigenvalue weighted by molar-refractivity contribution is 5.84. The summed E-state index contributed by atoms with van der Waals surface area (Å²) >= 11 is 0. The molecule has 1 saturated carbocycles. The van der Waals surface area contributed by atoms with Gasteiger partial charge in [-0.25, -0.2) is 0 Å². The van der Waals surface area contributed by atoms with E-state index in [1.165, 1.54) is 19.3 Å². The Morgan fingerprint density at radius 2 is 2.07 bits per heavy atom. The van der Waals surface area contributed by atoms with Gasteiger partial charge in [-0.05, 0) is 64.0 Å². The SMILES string of the molecule is Cc1ccc(OCC2CCCCC2C2C=NC(C)N2C(C)C)c(C=O)c1O. The van der Waals surface area contributed by atoms with Crippen molar-refractivity contribution in [1.82, 2.24) is 4.90 Å². The van der Waals surface area contributed by atoms with E-state index < -0.39 is 0 Å². The minimum atomic E-state index is 0.0189. The molecular formula is C22H32N2O3. The van der Waals surface area contributed by atoms with Crippen molar-refractivity contribution in [2.24, 2.45) is 16.8 Å². The average Bonchev–Trinajstić information content (AvgIpc) is 3.04. The minimum Gasteiger partial charge on any atom is -0.507 e. The van der Waals surface area contributed by atoms with Crippen molar-refractivity contribution in [2.75, 3.05) is 6.61 Å². The second kappa shape index (κ2) is 8.42. The van der Waals surface area contributed by atoms with Crippen LogP contribution in [0.3, 0.4) is 0 Å². The average molecular weight is 373 g/mol. The van der Waals surface area contributed by atoms with Gasteiger partial charge >= 0.3 is 0 Å². The number of aryl methyl sites for hydroxylation is 1. The molecule has 148 valence electrons. The Morgan fingerprint density at radius 3 is 2.78 bits per heavy atom. The van der Waals surface area contributed by atoms with Gasteiger partial charge in [0.15, 0.2) is 6.29 Å². The summed E-state index contributed by atoms with van der Waals surface area (Å²) in [5, 5.41) is 10.1. The number of carbonyl (C=O) groups excluding carboxylic acids is 1. The van der Waals surface area contributed by atoms with Crippen LogP contribution in [0.25, 0.3) is 0 Å². The lowest BCUT2D eigenvalue weighted by Gasteiger charge is -2.41. The third-order valence-electron chi connectivity index (χ3n) is 6.18. The molecule has 1 heterocycles. The Morgan fingerprint density at radius 1 is 1.33 bits per heavy atom. The molecule has 1 N–H and O–H groups in total. The molecule has 3 rings (SSSR count). The van der Waals surface area contributed by atoms with E-state index in [1.807, 2.05) is 0 Å². The lowest BCUT2D eigenvalue weighted by molar-refractivity contribution is 0.0624. The lowest BCUT2D eigenvalue weighted by Crippen LogP contribution is -2.48. The molecule has 1 aliphatic carbocycles. The van der Waals surface area contributed by atoms with E-state index in [1.54, 1.807) is 19.1 Å². The van der Waals surface area contributed by atoms with E-state index in [-0.39, 0.29) is 17.5 Å². The fourth-order valence-corrected chi connectivity index (χ4v) is 4.75. The summed E-state index contributed by atoms with van der Waals surface area (Å²) in [7, 11) is 0. The Bertz CT molecular complexity index is 701. The molecular weight excluding hydrogens is 340 g/mol. The summed E-state index contributed by atoms with van der Waals surface area (Å²) in [4.78, 5) is 18.6. The lowest BCUT2D eigenvalue weighted by atomic mass is 9.75. The number of hydrogen-bond donors (Lipinski definition) is 1. The molecule has 0 spiro atoms. The first-order valence-corrected chi connectivity index (χ1v) is 10.1. The van der Waals surface area contributed by atoms with Gasteiger partial charge in [-0.3, -0.25) is 14.7 Å². The second-order valence-electron chi connectivity index (χ2n) is 8.24. The van der Waals surface area contributed by atoms with E-state index in [0.717, 1.165) is 6.42 Å². The molecule has 0 bridgehead atoms. The van der Waals surface area contributed by atoms with Crippen molar-refractivity contribution in [1.29, 1.82) is 0 Å². The van der Waals surface area contributed by atoms with Crippen molar-refractivity contribution in [3.8, 4) is 11.5 Å². The van der Waals surface area contributed by atoms with Crippen molar-refractivity contribution in [2.45, 2.75) is 71.6 Å². The molecule has 0 amide bonds. The largest absolute Gasteiger partial charge is 0.507 e. The number of hydrogen-bond acceptors (Lipinski definition) is 5. The maximum atomic E-state index is 11.4. The number of aldehydes is 1. The molecule has 4 unspecified atom stereocenters. The number of rotatable bonds is 6. The predicted octanol–water partition coefficient (Wildman–Crippen LogP) is 4.21. The third kappa shape index (κ3) is 4.03. The van der Waals surface area contributed by atoms with Gasteiger partial charge in [0.25, 0.3) is 0 Å². The summed E-state index contributed by atoms with van der Waals surface area (Å²) in [6.07, 6.45) is 7.82. The van der Waals surface area contributed by atoms with Gasteiger partial charge in [0.1, 0.15) is 11.5 Å². The summed E-state index contributed by atoms with van der Waals surface area (Å²) in [5.74, 6) is 1.43. The van der Waals surface area contributed by atoms with Gasteiger partial charge in [-0.2, -0.15) is 0 Å². The maximum Gasteiger partial charge on any atom is 0.157 e. The summed E-state index contributed by atoms with van der Waals surface area (Å²) in [5.41, 5.74) is 0.936. The van der Waals surface area contributed by atoms with Crippen LogP contribution in [0.2, 0.25) is 0 Å². The normalized spacial score (nSPS) is 28.6. The van der Waals surface area contributed by atoms with Crippen LogP contribution < -0.4 is 4.74 Å². The van der Waals surface area contributed by atoms with Gasteiger partial charge in [0.2, 0.25) is 0 Å². The summed E-state index contributed by atoms with van der Waals surface area (Å²) in [6, 6.07) is 4.38. The fourth-order valence-electron chi connectivity index (χ4n) is 4.75. The van der Waals surface area contributed by atoms with Crippen LogP contribution in [0.1, 0.15) is 62.4 Å². The molecule has 5 heteroatoms. The van der Waals surface area contributed by atoms with Gasteiger partial charge in [0.05, 0.1) is 24.4 Å². The first-order chi connectivity index (χ1) is 12.9. The van der Waals surface area contributed by atoms with E-state index >= 15 is 0 Å². The van der Waals surface area contributed by atoms with E-state index in [4.69, 9.17) is 4.74 Å². The highest BCUT2D eigenvalue weighted by atomic mass is 16.5. The number of nitrogens with zero attached hydrogens (tertiary/aromatic N) is 2. The van der Waals surface area contributed by atoms with Crippen LogP contribution in [-0.2, 0) is 0 Å². The van der Waals surface area contributed by atoms with E-state index in [2.05, 4.69) is 36.9 Å². The zero-order chi connectivity index (χ0) is 19.6. The fraction of sp³-hybridized carbons (Fsp3) is 0.636. The topological polar surface area (TPSA) is 62.1 Å². The van der Waals surface area contributed by atoms with Crippen molar-refractivity contribution < 1.29 is 14.6 Å². The highest BCUT2D eigenvalue weighted by Crippen LogP contribution is 2.38. The van der Waals surface area contributed by atoms with Gasteiger partial charge in [-0.15, -0.1) is 0 Å². The van der Waals surface area contributed by atoms with Crippen molar-refractivity contribution in [3.63, 3.8) is 0 Å². The highest BCUT2D eigenvalue weighted by Gasteiger charge is 2.39. The zero-order valence-corrected chi connectivity index (χ0v) is 16.9. The van der Waals surface area contributed by atoms with E-state index in [9.17, 15) is 9.90 Å². The number of aliphatic imine (C=N–C) groups is 1. The number of ether oxygens (including phenoxy) is 1. The Balaban J connectivity index is 1.75. The van der Waals surface area contributed by atoms with Gasteiger partial charge in [0, 0.05) is 12.3 Å². The number of carbonyl (C=O) groups is 1. The Labute approximate surface area is 162 Å². The van der Waals surface area contributed by atoms with Crippen LogP contribution in [0.5, 0.6) is 11.5 Å². The number of benzene rings is 1. The molecule has 4 atom stereocenters. The molecule has 1 aliphatic heterocycles. The van der Waals surface area contributed by atoms with Crippen LogP contribution in [-0.4, -0.2) is 47.4 Å². The summed E-state index contributed by atoms with van der Waals surface area (Å²) in [6.45, 7) is 8.98. The minimum absolute atomic E-state index is 0.0189. The first kappa shape index (κ1) is 19.9. The van der Waals surface area contributed by atoms with Crippen molar-refractivity contribution >= 4 is 12.5 Å². The van der Waals surface area contributed by atoms with E-state index in [0.29, 0.717) is 48.1 Å². The molecule has 1 aromatic carbocycles. The predicted molar refractivity (Wildman–Crippen MR) is 108 cm³/mol. The molecule has 5 nitrogen and oxygen atoms in total. The Hall–Kier alpha value is -1.88. The maximum absolute atomic E-state index is 11.4. The molecule has 0 saturated heterocycles. The zero-order valence-electron chi connectivity index (χ0n) is 16.9. The monoisotopic (exact) mass is 372 g/mol. The van der Waals surface area contributed by atoms with Gasteiger partial charge < -0.3 is 9.84 Å². The standard InChI is InChI=1S/C22H32N2O3/c1-14(2)24-16(4)23-11-20(24)18-8-6-5-7-17(18)13-27-21-10-9-15(3)22(26)19(21)12-25/h9-12,14,16-18,20,26H,5-8,13H2,1-4H3. The van der Waals surface area contributed by atoms with Crippen molar-refractivity contribution in [3.05, 3.63) is 23.3 Å². The molecule has 0 radical (unpaired) electrons. The summed E-state index contributed by atoms with van der Waals surface area (Å²) < 4.78 is 6.06. The smallest absolute Gasteiger partial charge is 0.157 e. The molecule has 1 fully saturated rings. The number of phenols is 1. The molecule has 27 heavy (non-hydrogen) atoms. The quantitative estimate of drug-likeness (QED) is 0.760. The molecule has 1 aromatic rings. The first-order valence-electron chi connectivity index (χ1n) is 10.1. The number of aromatic hydroxyl groups is 1. The third-order valence-corrected chi connectivity index (χ3v) is 6.18.